The van der Waals surface area contributed by atoms with E-state index in [2.05, 4.69) is 29.6 Å². The second-order valence-electron chi connectivity index (χ2n) is 11.9. The molecule has 256 valence electrons. The summed E-state index contributed by atoms with van der Waals surface area (Å²) in [6.07, 6.45) is -0.308. The number of carbonyl (C=O) groups excluding carboxylic acids is 2. The minimum Gasteiger partial charge on any atom is -0.465 e. The van der Waals surface area contributed by atoms with Crippen LogP contribution in [0.4, 0.5) is 5.69 Å². The number of para-hydroxylation sites is 1. The second-order valence-corrected chi connectivity index (χ2v) is 11.9. The van der Waals surface area contributed by atoms with Crippen molar-refractivity contribution in [3.05, 3.63) is 135 Å². The van der Waals surface area contributed by atoms with Crippen LogP contribution < -0.4 is 5.32 Å². The first kappa shape index (κ1) is 35.4. The summed E-state index contributed by atoms with van der Waals surface area (Å²) in [6.45, 7) is 4.88. The molecule has 0 fully saturated rings. The number of fused-ring (bicyclic) bond motifs is 3. The maximum atomic E-state index is 13.2. The van der Waals surface area contributed by atoms with E-state index in [1.165, 1.54) is 11.6 Å². The van der Waals surface area contributed by atoms with Gasteiger partial charge < -0.3 is 24.3 Å². The standard InChI is InChI=1S/C39H42N2O8/c1-28-14-16-29(17-15-28)26-48-23-22-47-21-20-46-19-18-40-38(42)24-30(31-8-6-7-13-37(31)41(44)45)25-39(43)49-27-36-34-11-4-2-9-32(34)33-10-3-5-12-35(33)36/h2-17,30,36H,18-27H2,1H3,(H,40,42). The van der Waals surface area contributed by atoms with Gasteiger partial charge >= 0.3 is 5.97 Å². The summed E-state index contributed by atoms with van der Waals surface area (Å²) in [7, 11) is 0. The summed E-state index contributed by atoms with van der Waals surface area (Å²) in [5, 5.41) is 14.6. The first-order valence-corrected chi connectivity index (χ1v) is 16.5. The van der Waals surface area contributed by atoms with E-state index in [9.17, 15) is 19.7 Å². The van der Waals surface area contributed by atoms with Crippen molar-refractivity contribution in [1.29, 1.82) is 0 Å². The van der Waals surface area contributed by atoms with Crippen LogP contribution in [0, 0.1) is 17.0 Å². The van der Waals surface area contributed by atoms with E-state index in [0.717, 1.165) is 27.8 Å². The van der Waals surface area contributed by atoms with Gasteiger partial charge in [-0.15, -0.1) is 0 Å². The molecule has 5 rings (SSSR count). The molecule has 1 amide bonds. The van der Waals surface area contributed by atoms with Gasteiger partial charge in [-0.1, -0.05) is 96.6 Å². The lowest BCUT2D eigenvalue weighted by molar-refractivity contribution is -0.385. The fourth-order valence-electron chi connectivity index (χ4n) is 6.04. The zero-order valence-corrected chi connectivity index (χ0v) is 27.7. The van der Waals surface area contributed by atoms with Crippen molar-refractivity contribution >= 4 is 17.6 Å². The van der Waals surface area contributed by atoms with Crippen LogP contribution in [0.25, 0.3) is 11.1 Å². The van der Waals surface area contributed by atoms with Crippen LogP contribution in [-0.2, 0) is 35.1 Å². The molecule has 1 N–H and O–H groups in total. The van der Waals surface area contributed by atoms with E-state index in [4.69, 9.17) is 18.9 Å². The van der Waals surface area contributed by atoms with E-state index in [-0.39, 0.29) is 50.1 Å². The monoisotopic (exact) mass is 666 g/mol. The molecule has 10 nitrogen and oxygen atoms in total. The molecule has 1 aliphatic rings. The first-order valence-electron chi connectivity index (χ1n) is 16.5. The number of aryl methyl sites for hydroxylation is 1. The van der Waals surface area contributed by atoms with Gasteiger partial charge in [0, 0.05) is 36.4 Å². The van der Waals surface area contributed by atoms with Gasteiger partial charge in [-0.05, 0) is 34.7 Å². The highest BCUT2D eigenvalue weighted by Gasteiger charge is 2.31. The topological polar surface area (TPSA) is 126 Å². The second kappa shape index (κ2) is 18.0. The minimum atomic E-state index is -0.750. The summed E-state index contributed by atoms with van der Waals surface area (Å²) in [5.41, 5.74) is 6.89. The lowest BCUT2D eigenvalue weighted by atomic mass is 9.90. The van der Waals surface area contributed by atoms with Crippen LogP contribution in [0.5, 0.6) is 0 Å². The highest BCUT2D eigenvalue weighted by molar-refractivity contribution is 5.80. The lowest BCUT2D eigenvalue weighted by Gasteiger charge is -2.18. The Morgan fingerprint density at radius 2 is 1.35 bits per heavy atom. The van der Waals surface area contributed by atoms with Crippen LogP contribution in [0.15, 0.2) is 97.1 Å². The van der Waals surface area contributed by atoms with Gasteiger partial charge in [0.25, 0.3) is 5.69 Å². The van der Waals surface area contributed by atoms with Gasteiger partial charge in [0.15, 0.2) is 0 Å². The Labute approximate surface area is 286 Å². The molecule has 1 aliphatic carbocycles. The maximum Gasteiger partial charge on any atom is 0.306 e. The van der Waals surface area contributed by atoms with Crippen molar-refractivity contribution in [3.8, 4) is 11.1 Å². The summed E-state index contributed by atoms with van der Waals surface area (Å²) in [5.74, 6) is -1.74. The zero-order valence-electron chi connectivity index (χ0n) is 27.7. The summed E-state index contributed by atoms with van der Waals surface area (Å²) >= 11 is 0. The highest BCUT2D eigenvalue weighted by Crippen LogP contribution is 2.44. The van der Waals surface area contributed by atoms with Crippen molar-refractivity contribution in [2.75, 3.05) is 46.2 Å². The van der Waals surface area contributed by atoms with E-state index in [1.54, 1.807) is 18.2 Å². The van der Waals surface area contributed by atoms with E-state index >= 15 is 0 Å². The van der Waals surface area contributed by atoms with Crippen LogP contribution in [0.1, 0.15) is 52.5 Å². The van der Waals surface area contributed by atoms with Gasteiger partial charge in [0.05, 0.1) is 51.0 Å². The number of nitro groups is 1. The van der Waals surface area contributed by atoms with Gasteiger partial charge in [0.1, 0.15) is 6.61 Å². The van der Waals surface area contributed by atoms with E-state index in [1.807, 2.05) is 55.5 Å². The number of nitro benzene ring substituents is 1. The average molecular weight is 667 g/mol. The molecule has 0 heterocycles. The Morgan fingerprint density at radius 1 is 0.755 bits per heavy atom. The Kier molecular flexibility index (Phi) is 13.0. The van der Waals surface area contributed by atoms with Crippen molar-refractivity contribution in [1.82, 2.24) is 5.32 Å². The Morgan fingerprint density at radius 3 is 2.02 bits per heavy atom. The predicted molar refractivity (Wildman–Crippen MR) is 185 cm³/mol. The largest absolute Gasteiger partial charge is 0.465 e. The molecule has 0 saturated heterocycles. The molecule has 1 unspecified atom stereocenters. The zero-order chi connectivity index (χ0) is 34.4. The smallest absolute Gasteiger partial charge is 0.306 e. The number of hydrogen-bond donors (Lipinski definition) is 1. The van der Waals surface area contributed by atoms with E-state index in [0.29, 0.717) is 38.6 Å². The van der Waals surface area contributed by atoms with Crippen molar-refractivity contribution in [2.45, 2.75) is 38.2 Å². The van der Waals surface area contributed by atoms with Crippen molar-refractivity contribution in [2.24, 2.45) is 0 Å². The van der Waals surface area contributed by atoms with Crippen molar-refractivity contribution < 1.29 is 33.5 Å². The molecule has 0 bridgehead atoms. The van der Waals surface area contributed by atoms with Gasteiger partial charge in [-0.3, -0.25) is 19.7 Å². The number of ether oxygens (including phenoxy) is 4. The Balaban J connectivity index is 1.06. The van der Waals surface area contributed by atoms with E-state index < -0.39 is 16.8 Å². The van der Waals surface area contributed by atoms with Crippen LogP contribution in [0.3, 0.4) is 0 Å². The van der Waals surface area contributed by atoms with Crippen LogP contribution >= 0.6 is 0 Å². The van der Waals surface area contributed by atoms with Crippen LogP contribution in [0.2, 0.25) is 0 Å². The fraction of sp³-hybridized carbons (Fsp3) is 0.333. The fourth-order valence-corrected chi connectivity index (χ4v) is 6.04. The molecule has 4 aromatic rings. The molecule has 0 spiro atoms. The Bertz CT molecular complexity index is 1660. The molecule has 0 aliphatic heterocycles. The summed E-state index contributed by atoms with van der Waals surface area (Å²) in [4.78, 5) is 37.5. The van der Waals surface area contributed by atoms with Crippen LogP contribution in [-0.4, -0.2) is 63.0 Å². The average Bonchev–Trinajstić information content (AvgIpc) is 3.43. The minimum absolute atomic E-state index is 0.119. The third-order valence-corrected chi connectivity index (χ3v) is 8.49. The number of nitrogens with zero attached hydrogens (tertiary/aromatic N) is 1. The molecule has 0 radical (unpaired) electrons. The molecule has 49 heavy (non-hydrogen) atoms. The number of carbonyl (C=O) groups is 2. The third-order valence-electron chi connectivity index (χ3n) is 8.49. The quantitative estimate of drug-likeness (QED) is 0.0521. The van der Waals surface area contributed by atoms with Gasteiger partial charge in [0.2, 0.25) is 5.91 Å². The normalized spacial score (nSPS) is 12.6. The molecule has 0 aromatic heterocycles. The number of esters is 1. The molecule has 10 heteroatoms. The molecule has 4 aromatic carbocycles. The number of rotatable bonds is 19. The maximum absolute atomic E-state index is 13.2. The molecular formula is C39H42N2O8. The third kappa shape index (κ3) is 10.1. The Hall–Kier alpha value is -4.90. The SMILES string of the molecule is Cc1ccc(COCCOCCOCCNC(=O)CC(CC(=O)OCC2c3ccccc3-c3ccccc32)c2ccccc2[N+](=O)[O-])cc1. The number of nitrogens with one attached hydrogen (secondary N) is 1. The van der Waals surface area contributed by atoms with Crippen molar-refractivity contribution in [3.63, 3.8) is 0 Å². The highest BCUT2D eigenvalue weighted by atomic mass is 16.6. The number of amides is 1. The number of benzene rings is 4. The molecular weight excluding hydrogens is 624 g/mol. The predicted octanol–water partition coefficient (Wildman–Crippen LogP) is 6.49. The first-order chi connectivity index (χ1) is 23.9. The molecule has 1 atom stereocenters. The van der Waals surface area contributed by atoms with Gasteiger partial charge in [-0.2, -0.15) is 0 Å². The molecule has 0 saturated carbocycles. The van der Waals surface area contributed by atoms with Gasteiger partial charge in [-0.25, -0.2) is 0 Å². The lowest BCUT2D eigenvalue weighted by Crippen LogP contribution is -2.29. The summed E-state index contributed by atoms with van der Waals surface area (Å²) in [6, 6.07) is 30.5. The summed E-state index contributed by atoms with van der Waals surface area (Å²) < 4.78 is 22.5. The number of hydrogen-bond acceptors (Lipinski definition) is 8.